The van der Waals surface area contributed by atoms with Crippen LogP contribution in [0.3, 0.4) is 0 Å². The second-order valence-electron chi connectivity index (χ2n) is 5.68. The predicted octanol–water partition coefficient (Wildman–Crippen LogP) is 2.23. The van der Waals surface area contributed by atoms with E-state index in [0.717, 1.165) is 0 Å². The van der Waals surface area contributed by atoms with Crippen molar-refractivity contribution in [1.82, 2.24) is 0 Å². The lowest BCUT2D eigenvalue weighted by atomic mass is 10.1. The Morgan fingerprint density at radius 2 is 1.86 bits per heavy atom. The van der Waals surface area contributed by atoms with Crippen LogP contribution in [0.25, 0.3) is 0 Å². The normalized spacial score (nSPS) is 23.7. The Kier molecular flexibility index (Phi) is 5.15. The molecule has 0 bridgehead atoms. The molecule has 22 heavy (non-hydrogen) atoms. The lowest BCUT2D eigenvalue weighted by Gasteiger charge is -2.40. The van der Waals surface area contributed by atoms with Crippen molar-refractivity contribution < 1.29 is 28.9 Å². The van der Waals surface area contributed by atoms with E-state index in [1.54, 1.807) is 38.1 Å². The predicted molar refractivity (Wildman–Crippen MR) is 77.4 cm³/mol. The fourth-order valence-electron chi connectivity index (χ4n) is 2.47. The van der Waals surface area contributed by atoms with Crippen molar-refractivity contribution >= 4 is 11.9 Å². The topological polar surface area (TPSA) is 82.1 Å². The molecule has 2 rings (SSSR count). The monoisotopic (exact) mass is 308 g/mol. The first kappa shape index (κ1) is 16.5. The van der Waals surface area contributed by atoms with Gasteiger partial charge in [-0.25, -0.2) is 4.79 Å². The van der Waals surface area contributed by atoms with Crippen molar-refractivity contribution in [2.24, 2.45) is 0 Å². The van der Waals surface area contributed by atoms with E-state index < -0.39 is 23.8 Å². The summed E-state index contributed by atoms with van der Waals surface area (Å²) < 4.78 is 16.5. The van der Waals surface area contributed by atoms with E-state index in [4.69, 9.17) is 19.3 Å². The zero-order chi connectivity index (χ0) is 16.2. The molecule has 6 heteroatoms. The van der Waals surface area contributed by atoms with Gasteiger partial charge in [0.25, 0.3) is 0 Å². The smallest absolute Gasteiger partial charge is 0.338 e. The van der Waals surface area contributed by atoms with Crippen molar-refractivity contribution in [2.75, 3.05) is 6.61 Å². The summed E-state index contributed by atoms with van der Waals surface area (Å²) in [5.41, 5.74) is 0.468. The third-order valence-corrected chi connectivity index (χ3v) is 3.24. The van der Waals surface area contributed by atoms with Gasteiger partial charge in [0.1, 0.15) is 6.61 Å². The molecule has 0 unspecified atom stereocenters. The van der Waals surface area contributed by atoms with Gasteiger partial charge < -0.3 is 19.3 Å². The average Bonchev–Trinajstić information content (AvgIpc) is 2.43. The van der Waals surface area contributed by atoms with E-state index in [1.807, 2.05) is 6.07 Å². The maximum absolute atomic E-state index is 11.9. The minimum Gasteiger partial charge on any atom is -0.481 e. The number of carboxylic acid groups (broad SMARTS) is 1. The standard InChI is InChI=1S/C16H20O6/c1-16(2)21-12(9-14(17)18)8-13(22-16)10-20-15(19)11-6-4-3-5-7-11/h3-7,12-13H,8-10H2,1-2H3,(H,17,18)/t12-,13+/m1/s1. The molecule has 0 aromatic heterocycles. The SMILES string of the molecule is CC1(C)O[C@H](COC(=O)c2ccccc2)C[C@H](CC(=O)O)O1. The first-order chi connectivity index (χ1) is 10.4. The molecule has 1 aliphatic rings. The number of carboxylic acids is 1. The van der Waals surface area contributed by atoms with Gasteiger partial charge in [-0.1, -0.05) is 18.2 Å². The summed E-state index contributed by atoms with van der Waals surface area (Å²) >= 11 is 0. The molecular weight excluding hydrogens is 288 g/mol. The van der Waals surface area contributed by atoms with E-state index >= 15 is 0 Å². The van der Waals surface area contributed by atoms with Crippen LogP contribution in [0.15, 0.2) is 30.3 Å². The third kappa shape index (κ3) is 4.82. The Labute approximate surface area is 129 Å². The van der Waals surface area contributed by atoms with Gasteiger partial charge in [0.2, 0.25) is 0 Å². The minimum atomic E-state index is -0.928. The number of esters is 1. The maximum Gasteiger partial charge on any atom is 0.338 e. The first-order valence-electron chi connectivity index (χ1n) is 7.15. The van der Waals surface area contributed by atoms with Crippen molar-refractivity contribution in [3.05, 3.63) is 35.9 Å². The van der Waals surface area contributed by atoms with Gasteiger partial charge in [-0.05, 0) is 26.0 Å². The van der Waals surface area contributed by atoms with E-state index in [1.165, 1.54) is 0 Å². The number of hydrogen-bond acceptors (Lipinski definition) is 5. The molecule has 0 amide bonds. The number of ether oxygens (including phenoxy) is 3. The summed E-state index contributed by atoms with van der Waals surface area (Å²) in [6.07, 6.45) is -0.573. The Hall–Kier alpha value is -1.92. The van der Waals surface area contributed by atoms with Crippen molar-refractivity contribution in [1.29, 1.82) is 0 Å². The number of aliphatic carboxylic acids is 1. The molecule has 1 aromatic rings. The zero-order valence-corrected chi connectivity index (χ0v) is 12.7. The Morgan fingerprint density at radius 3 is 2.50 bits per heavy atom. The highest BCUT2D eigenvalue weighted by molar-refractivity contribution is 5.89. The van der Waals surface area contributed by atoms with E-state index in [2.05, 4.69) is 0 Å². The van der Waals surface area contributed by atoms with Crippen molar-refractivity contribution in [2.45, 2.75) is 44.7 Å². The van der Waals surface area contributed by atoms with Gasteiger partial charge >= 0.3 is 11.9 Å². The highest BCUT2D eigenvalue weighted by atomic mass is 16.7. The van der Waals surface area contributed by atoms with Crippen LogP contribution < -0.4 is 0 Å². The molecule has 6 nitrogen and oxygen atoms in total. The molecule has 1 fully saturated rings. The van der Waals surface area contributed by atoms with Crippen molar-refractivity contribution in [3.8, 4) is 0 Å². The fraction of sp³-hybridized carbons (Fsp3) is 0.500. The summed E-state index contributed by atoms with van der Waals surface area (Å²) in [5, 5.41) is 8.88. The Bertz CT molecular complexity index is 525. The van der Waals surface area contributed by atoms with Crippen LogP contribution in [0.5, 0.6) is 0 Å². The molecule has 2 atom stereocenters. The summed E-state index contributed by atoms with van der Waals surface area (Å²) in [7, 11) is 0. The van der Waals surface area contributed by atoms with E-state index in [9.17, 15) is 9.59 Å². The number of carbonyl (C=O) groups is 2. The second-order valence-corrected chi connectivity index (χ2v) is 5.68. The molecule has 1 aromatic carbocycles. The van der Waals surface area contributed by atoms with Crippen molar-refractivity contribution in [3.63, 3.8) is 0 Å². The van der Waals surface area contributed by atoms with E-state index in [0.29, 0.717) is 12.0 Å². The van der Waals surface area contributed by atoms with Crippen LogP contribution >= 0.6 is 0 Å². The van der Waals surface area contributed by atoms with Gasteiger partial charge in [-0.2, -0.15) is 0 Å². The summed E-state index contributed by atoms with van der Waals surface area (Å²) in [5.74, 6) is -2.26. The molecule has 0 aliphatic carbocycles. The van der Waals surface area contributed by atoms with Gasteiger partial charge in [0, 0.05) is 6.42 Å². The number of benzene rings is 1. The van der Waals surface area contributed by atoms with Gasteiger partial charge in [-0.15, -0.1) is 0 Å². The first-order valence-corrected chi connectivity index (χ1v) is 7.15. The Morgan fingerprint density at radius 1 is 1.23 bits per heavy atom. The van der Waals surface area contributed by atoms with Crippen LogP contribution in [0.4, 0.5) is 0 Å². The van der Waals surface area contributed by atoms with Crippen LogP contribution in [0.1, 0.15) is 37.0 Å². The number of hydrogen-bond donors (Lipinski definition) is 1. The molecule has 0 spiro atoms. The third-order valence-electron chi connectivity index (χ3n) is 3.24. The lowest BCUT2D eigenvalue weighted by molar-refractivity contribution is -0.303. The average molecular weight is 308 g/mol. The molecular formula is C16H20O6. The van der Waals surface area contributed by atoms with Gasteiger partial charge in [0.05, 0.1) is 24.2 Å². The van der Waals surface area contributed by atoms with Crippen LogP contribution in [-0.4, -0.2) is 41.6 Å². The quantitative estimate of drug-likeness (QED) is 0.840. The minimum absolute atomic E-state index is 0.0661. The molecule has 1 saturated heterocycles. The largest absolute Gasteiger partial charge is 0.481 e. The van der Waals surface area contributed by atoms with E-state index in [-0.39, 0.29) is 19.1 Å². The zero-order valence-electron chi connectivity index (χ0n) is 12.7. The van der Waals surface area contributed by atoms with Crippen LogP contribution in [-0.2, 0) is 19.0 Å². The lowest BCUT2D eigenvalue weighted by Crippen LogP contribution is -2.47. The van der Waals surface area contributed by atoms with Gasteiger partial charge in [-0.3, -0.25) is 4.79 Å². The highest BCUT2D eigenvalue weighted by Gasteiger charge is 2.36. The summed E-state index contributed by atoms with van der Waals surface area (Å²) in [4.78, 5) is 22.7. The van der Waals surface area contributed by atoms with Crippen LogP contribution in [0, 0.1) is 0 Å². The second kappa shape index (κ2) is 6.89. The molecule has 0 saturated carbocycles. The van der Waals surface area contributed by atoms with Gasteiger partial charge in [0.15, 0.2) is 5.79 Å². The highest BCUT2D eigenvalue weighted by Crippen LogP contribution is 2.28. The molecule has 120 valence electrons. The summed E-state index contributed by atoms with van der Waals surface area (Å²) in [6.45, 7) is 3.50. The maximum atomic E-state index is 11.9. The molecule has 1 heterocycles. The van der Waals surface area contributed by atoms with Crippen LogP contribution in [0.2, 0.25) is 0 Å². The molecule has 0 radical (unpaired) electrons. The molecule has 1 aliphatic heterocycles. The molecule has 1 N–H and O–H groups in total. The fourth-order valence-corrected chi connectivity index (χ4v) is 2.47. The number of carbonyl (C=O) groups excluding carboxylic acids is 1. The Balaban J connectivity index is 1.91. The number of rotatable bonds is 5. The summed E-state index contributed by atoms with van der Waals surface area (Å²) in [6, 6.07) is 8.67.